The summed E-state index contributed by atoms with van der Waals surface area (Å²) < 4.78 is 13.9. The van der Waals surface area contributed by atoms with Gasteiger partial charge in [-0.15, -0.1) is 11.3 Å². The van der Waals surface area contributed by atoms with Crippen LogP contribution in [0, 0.1) is 11.7 Å². The third-order valence-corrected chi connectivity index (χ3v) is 4.13. The van der Waals surface area contributed by atoms with E-state index in [0.29, 0.717) is 16.7 Å². The van der Waals surface area contributed by atoms with Crippen LogP contribution in [0.4, 0.5) is 4.39 Å². The van der Waals surface area contributed by atoms with E-state index in [4.69, 9.17) is 5.11 Å². The van der Waals surface area contributed by atoms with Crippen molar-refractivity contribution in [2.75, 3.05) is 0 Å². The lowest BCUT2D eigenvalue weighted by Gasteiger charge is -2.15. The summed E-state index contributed by atoms with van der Waals surface area (Å²) in [5, 5.41) is 12.3. The fourth-order valence-corrected chi connectivity index (χ4v) is 2.99. The van der Waals surface area contributed by atoms with E-state index in [1.165, 1.54) is 23.5 Å². The van der Waals surface area contributed by atoms with Gasteiger partial charge in [0.05, 0.1) is 4.88 Å². The lowest BCUT2D eigenvalue weighted by atomic mass is 10.0. The van der Waals surface area contributed by atoms with Crippen LogP contribution in [0.3, 0.4) is 0 Å². The number of nitrogens with one attached hydrogen (secondary N) is 1. The molecule has 0 spiro atoms. The zero-order valence-corrected chi connectivity index (χ0v) is 12.5. The Morgan fingerprint density at radius 3 is 2.67 bits per heavy atom. The Bertz CT molecular complexity index is 681. The first-order valence-corrected chi connectivity index (χ1v) is 7.41. The molecule has 0 saturated carbocycles. The van der Waals surface area contributed by atoms with E-state index in [1.807, 2.05) is 13.8 Å². The highest BCUT2D eigenvalue weighted by Gasteiger charge is 2.22. The molecule has 2 N–H and O–H groups in total. The molecule has 0 aliphatic rings. The van der Waals surface area contributed by atoms with Crippen LogP contribution in [0.1, 0.15) is 29.9 Å². The largest absolute Gasteiger partial charge is 0.480 e. The number of hydrogen-bond acceptors (Lipinski definition) is 3. The molecule has 0 radical (unpaired) electrons. The van der Waals surface area contributed by atoms with Crippen molar-refractivity contribution >= 4 is 33.3 Å². The lowest BCUT2D eigenvalue weighted by molar-refractivity contribution is -0.139. The van der Waals surface area contributed by atoms with Gasteiger partial charge in [0.25, 0.3) is 5.91 Å². The van der Waals surface area contributed by atoms with Gasteiger partial charge in [-0.1, -0.05) is 13.8 Å². The van der Waals surface area contributed by atoms with Gasteiger partial charge in [0.2, 0.25) is 0 Å². The van der Waals surface area contributed by atoms with Crippen LogP contribution in [0.15, 0.2) is 24.3 Å². The molecule has 0 saturated heterocycles. The number of rotatable bonds is 5. The summed E-state index contributed by atoms with van der Waals surface area (Å²) in [5.74, 6) is -1.70. The number of benzene rings is 1. The van der Waals surface area contributed by atoms with Crippen LogP contribution in [0.2, 0.25) is 0 Å². The Balaban J connectivity index is 2.19. The normalized spacial score (nSPS) is 12.6. The Morgan fingerprint density at radius 1 is 1.33 bits per heavy atom. The van der Waals surface area contributed by atoms with Gasteiger partial charge in [0, 0.05) is 4.70 Å². The lowest BCUT2D eigenvalue weighted by Crippen LogP contribution is -2.41. The summed E-state index contributed by atoms with van der Waals surface area (Å²) in [6, 6.07) is 4.95. The summed E-state index contributed by atoms with van der Waals surface area (Å²) in [5.41, 5.74) is 0. The second-order valence-corrected chi connectivity index (χ2v) is 6.37. The number of fused-ring (bicyclic) bond motifs is 1. The Labute approximate surface area is 125 Å². The molecule has 1 heterocycles. The third kappa shape index (κ3) is 3.78. The molecule has 0 bridgehead atoms. The van der Waals surface area contributed by atoms with Crippen LogP contribution in [-0.2, 0) is 4.79 Å². The van der Waals surface area contributed by atoms with Crippen LogP contribution in [-0.4, -0.2) is 23.0 Å². The molecule has 1 unspecified atom stereocenters. The van der Waals surface area contributed by atoms with E-state index in [0.717, 1.165) is 4.70 Å². The molecule has 21 heavy (non-hydrogen) atoms. The number of amides is 1. The zero-order valence-electron chi connectivity index (χ0n) is 11.7. The number of halogens is 1. The van der Waals surface area contributed by atoms with E-state index >= 15 is 0 Å². The standard InChI is InChI=1S/C15H16FNO3S/c1-8(2)5-11(15(19)20)17-14(18)13-7-9-6-10(16)3-4-12(9)21-13/h3-4,6-8,11H,5H2,1-2H3,(H,17,18)(H,19,20). The minimum atomic E-state index is -1.05. The van der Waals surface area contributed by atoms with Crippen molar-refractivity contribution in [3.8, 4) is 0 Å². The number of carbonyl (C=O) groups is 2. The van der Waals surface area contributed by atoms with E-state index in [-0.39, 0.29) is 11.7 Å². The Kier molecular flexibility index (Phi) is 4.57. The van der Waals surface area contributed by atoms with Crippen molar-refractivity contribution in [3.05, 3.63) is 35.0 Å². The smallest absolute Gasteiger partial charge is 0.326 e. The van der Waals surface area contributed by atoms with E-state index in [9.17, 15) is 14.0 Å². The molecule has 0 fully saturated rings. The quantitative estimate of drug-likeness (QED) is 0.891. The Hall–Kier alpha value is -1.95. The predicted octanol–water partition coefficient (Wildman–Crippen LogP) is 3.27. The highest BCUT2D eigenvalue weighted by atomic mass is 32.1. The number of aliphatic carboxylic acids is 1. The van der Waals surface area contributed by atoms with Gasteiger partial charge < -0.3 is 10.4 Å². The molecule has 1 amide bonds. The number of carboxylic acid groups (broad SMARTS) is 1. The van der Waals surface area contributed by atoms with E-state index < -0.39 is 17.9 Å². The number of carboxylic acids is 1. The summed E-state index contributed by atoms with van der Waals surface area (Å²) in [4.78, 5) is 23.7. The highest BCUT2D eigenvalue weighted by Crippen LogP contribution is 2.26. The average molecular weight is 309 g/mol. The molecule has 4 nitrogen and oxygen atoms in total. The number of carbonyl (C=O) groups excluding carboxylic acids is 1. The van der Waals surface area contributed by atoms with E-state index in [1.54, 1.807) is 12.1 Å². The molecule has 1 aromatic heterocycles. The van der Waals surface area contributed by atoms with Crippen molar-refractivity contribution in [2.45, 2.75) is 26.3 Å². The number of hydrogen-bond donors (Lipinski definition) is 2. The monoisotopic (exact) mass is 309 g/mol. The SMILES string of the molecule is CC(C)CC(NC(=O)c1cc2cc(F)ccc2s1)C(=O)O. The topological polar surface area (TPSA) is 66.4 Å². The van der Waals surface area contributed by atoms with Gasteiger partial charge >= 0.3 is 5.97 Å². The van der Waals surface area contributed by atoms with E-state index in [2.05, 4.69) is 5.32 Å². The first kappa shape index (κ1) is 15.4. The van der Waals surface area contributed by atoms with Gasteiger partial charge in [-0.2, -0.15) is 0 Å². The molecule has 1 atom stereocenters. The summed E-state index contributed by atoms with van der Waals surface area (Å²) >= 11 is 1.22. The zero-order chi connectivity index (χ0) is 15.6. The van der Waals surface area contributed by atoms with Gasteiger partial charge in [0.15, 0.2) is 0 Å². The Morgan fingerprint density at radius 2 is 2.05 bits per heavy atom. The molecule has 6 heteroatoms. The summed E-state index contributed by atoms with van der Waals surface area (Å²) in [6.45, 7) is 3.79. The molecule has 112 valence electrons. The van der Waals surface area contributed by atoms with Gasteiger partial charge in [-0.3, -0.25) is 4.79 Å². The molecular weight excluding hydrogens is 293 g/mol. The molecular formula is C15H16FNO3S. The van der Waals surface area contributed by atoms with Crippen LogP contribution in [0.25, 0.3) is 10.1 Å². The summed E-state index contributed by atoms with van der Waals surface area (Å²) in [7, 11) is 0. The van der Waals surface area contributed by atoms with Crippen molar-refractivity contribution < 1.29 is 19.1 Å². The third-order valence-electron chi connectivity index (χ3n) is 3.01. The number of thiophene rings is 1. The molecule has 1 aromatic carbocycles. The van der Waals surface area contributed by atoms with Crippen molar-refractivity contribution in [1.29, 1.82) is 0 Å². The highest BCUT2D eigenvalue weighted by molar-refractivity contribution is 7.20. The minimum Gasteiger partial charge on any atom is -0.480 e. The average Bonchev–Trinajstić information content (AvgIpc) is 2.80. The first-order valence-electron chi connectivity index (χ1n) is 6.59. The maximum absolute atomic E-state index is 13.1. The predicted molar refractivity (Wildman–Crippen MR) is 80.1 cm³/mol. The van der Waals surface area contributed by atoms with Crippen LogP contribution < -0.4 is 5.32 Å². The molecule has 2 aromatic rings. The minimum absolute atomic E-state index is 0.155. The van der Waals surface area contributed by atoms with Crippen LogP contribution >= 0.6 is 11.3 Å². The second kappa shape index (κ2) is 6.22. The molecule has 0 aliphatic carbocycles. The molecule has 2 rings (SSSR count). The fourth-order valence-electron chi connectivity index (χ4n) is 2.05. The van der Waals surface area contributed by atoms with Gasteiger partial charge in [-0.25, -0.2) is 9.18 Å². The fraction of sp³-hybridized carbons (Fsp3) is 0.333. The first-order chi connectivity index (χ1) is 9.86. The second-order valence-electron chi connectivity index (χ2n) is 5.29. The summed E-state index contributed by atoms with van der Waals surface area (Å²) in [6.07, 6.45) is 0.362. The van der Waals surface area contributed by atoms with Crippen molar-refractivity contribution in [2.24, 2.45) is 5.92 Å². The van der Waals surface area contributed by atoms with Gasteiger partial charge in [-0.05, 0) is 42.0 Å². The maximum atomic E-state index is 13.1. The van der Waals surface area contributed by atoms with Crippen molar-refractivity contribution in [1.82, 2.24) is 5.32 Å². The van der Waals surface area contributed by atoms with Crippen LogP contribution in [0.5, 0.6) is 0 Å². The maximum Gasteiger partial charge on any atom is 0.326 e. The van der Waals surface area contributed by atoms with Crippen molar-refractivity contribution in [3.63, 3.8) is 0 Å². The molecule has 0 aliphatic heterocycles. The van der Waals surface area contributed by atoms with Gasteiger partial charge in [0.1, 0.15) is 11.9 Å².